The molecule has 0 heterocycles. The van der Waals surface area contributed by atoms with Crippen LogP contribution in [-0.4, -0.2) is 38.3 Å². The van der Waals surface area contributed by atoms with Crippen LogP contribution >= 0.6 is 0 Å². The van der Waals surface area contributed by atoms with Crippen LogP contribution in [-0.2, 0) is 0 Å². The summed E-state index contributed by atoms with van der Waals surface area (Å²) in [7, 11) is 2.97. The van der Waals surface area contributed by atoms with Crippen LogP contribution in [0.1, 0.15) is 22.0 Å². The van der Waals surface area contributed by atoms with Crippen molar-refractivity contribution in [2.75, 3.05) is 27.4 Å². The second kappa shape index (κ2) is 10.2. The first-order valence-corrected chi connectivity index (χ1v) is 8.61. The highest BCUT2D eigenvalue weighted by molar-refractivity contribution is 6.00. The number of aliphatic hydroxyl groups is 1. The monoisotopic (exact) mass is 384 g/mol. The van der Waals surface area contributed by atoms with Crippen molar-refractivity contribution in [3.05, 3.63) is 72.8 Å². The molecule has 0 saturated carbocycles. The molecular formula is C22H24O6. The predicted molar refractivity (Wildman–Crippen MR) is 107 cm³/mol. The Morgan fingerprint density at radius 1 is 0.929 bits per heavy atom. The van der Waals surface area contributed by atoms with Gasteiger partial charge in [-0.15, -0.1) is 0 Å². The molecule has 2 aromatic carbocycles. The molecule has 6 heteroatoms. The molecule has 0 radical (unpaired) electrons. The summed E-state index contributed by atoms with van der Waals surface area (Å²) < 4.78 is 21.5. The lowest BCUT2D eigenvalue weighted by molar-refractivity contribution is 0.0746. The minimum absolute atomic E-state index is 0.293. The lowest BCUT2D eigenvalue weighted by atomic mass is 9.99. The lowest BCUT2D eigenvalue weighted by Gasteiger charge is -2.15. The molecule has 0 aliphatic rings. The molecule has 0 bridgehead atoms. The molecule has 1 atom stereocenters. The second-order valence-electron chi connectivity index (χ2n) is 5.74. The highest BCUT2D eigenvalue weighted by Crippen LogP contribution is 2.33. The van der Waals surface area contributed by atoms with Crippen LogP contribution in [0.25, 0.3) is 0 Å². The summed E-state index contributed by atoms with van der Waals surface area (Å²) in [5, 5.41) is 10.6. The fourth-order valence-corrected chi connectivity index (χ4v) is 2.52. The molecular weight excluding hydrogens is 360 g/mol. The molecule has 6 nitrogen and oxygen atoms in total. The van der Waals surface area contributed by atoms with Crippen molar-refractivity contribution < 1.29 is 28.8 Å². The molecule has 2 aromatic rings. The van der Waals surface area contributed by atoms with Gasteiger partial charge in [-0.1, -0.05) is 31.4 Å². The molecule has 0 aliphatic carbocycles. The number of carbonyl (C=O) groups excluding carboxylic acids is 1. The number of rotatable bonds is 11. The molecule has 0 amide bonds. The Morgan fingerprint density at radius 2 is 1.46 bits per heavy atom. The van der Waals surface area contributed by atoms with Crippen LogP contribution in [0.15, 0.2) is 61.7 Å². The van der Waals surface area contributed by atoms with Gasteiger partial charge >= 0.3 is 0 Å². The molecule has 0 aromatic heterocycles. The first-order chi connectivity index (χ1) is 13.5. The standard InChI is InChI=1S/C22H24O6/c1-5-11-27-17-9-7-15(13-19(17)25-3)21(23)22(24)16-8-10-18(28-12-6-2)20(14-16)26-4/h5-10,13-14,21,23H,1-2,11-12H2,3-4H3. The van der Waals surface area contributed by atoms with E-state index in [-0.39, 0.29) is 0 Å². The maximum absolute atomic E-state index is 12.7. The van der Waals surface area contributed by atoms with Crippen molar-refractivity contribution in [2.24, 2.45) is 0 Å². The number of carbonyl (C=O) groups is 1. The van der Waals surface area contributed by atoms with Gasteiger partial charge in [-0.3, -0.25) is 4.79 Å². The summed E-state index contributed by atoms with van der Waals surface area (Å²) >= 11 is 0. The Morgan fingerprint density at radius 3 is 2.00 bits per heavy atom. The average Bonchev–Trinajstić information content (AvgIpc) is 2.74. The molecule has 0 saturated heterocycles. The Hall–Kier alpha value is -3.25. The van der Waals surface area contributed by atoms with Gasteiger partial charge < -0.3 is 24.1 Å². The topological polar surface area (TPSA) is 74.2 Å². The maximum Gasteiger partial charge on any atom is 0.195 e. The summed E-state index contributed by atoms with van der Waals surface area (Å²) in [4.78, 5) is 12.7. The van der Waals surface area contributed by atoms with E-state index in [2.05, 4.69) is 13.2 Å². The van der Waals surface area contributed by atoms with Crippen molar-refractivity contribution in [1.29, 1.82) is 0 Å². The van der Waals surface area contributed by atoms with Gasteiger partial charge in [0.05, 0.1) is 14.2 Å². The van der Waals surface area contributed by atoms with Crippen LogP contribution in [0.3, 0.4) is 0 Å². The zero-order chi connectivity index (χ0) is 20.5. The Labute approximate surface area is 164 Å². The van der Waals surface area contributed by atoms with E-state index in [1.807, 2.05) is 0 Å². The number of methoxy groups -OCH3 is 2. The van der Waals surface area contributed by atoms with E-state index in [1.54, 1.807) is 42.5 Å². The first kappa shape index (κ1) is 21.1. The third kappa shape index (κ3) is 4.92. The van der Waals surface area contributed by atoms with Gasteiger partial charge in [0.2, 0.25) is 0 Å². The molecule has 1 N–H and O–H groups in total. The zero-order valence-corrected chi connectivity index (χ0v) is 16.0. The molecule has 0 fully saturated rings. The van der Waals surface area contributed by atoms with Gasteiger partial charge in [-0.2, -0.15) is 0 Å². The minimum Gasteiger partial charge on any atom is -0.493 e. The number of hydrogen-bond donors (Lipinski definition) is 1. The minimum atomic E-state index is -1.37. The molecule has 1 unspecified atom stereocenters. The zero-order valence-electron chi connectivity index (χ0n) is 16.0. The second-order valence-corrected chi connectivity index (χ2v) is 5.74. The first-order valence-electron chi connectivity index (χ1n) is 8.61. The molecule has 0 spiro atoms. The van der Waals surface area contributed by atoms with Crippen molar-refractivity contribution in [3.8, 4) is 23.0 Å². The predicted octanol–water partition coefficient (Wildman–Crippen LogP) is 3.75. The summed E-state index contributed by atoms with van der Waals surface area (Å²) in [6, 6.07) is 9.55. The van der Waals surface area contributed by atoms with Gasteiger partial charge in [0.1, 0.15) is 19.3 Å². The molecule has 28 heavy (non-hydrogen) atoms. The van der Waals surface area contributed by atoms with E-state index in [0.29, 0.717) is 47.3 Å². The lowest BCUT2D eigenvalue weighted by Crippen LogP contribution is -2.13. The molecule has 0 aliphatic heterocycles. The fraction of sp³-hybridized carbons (Fsp3) is 0.227. The number of hydrogen-bond acceptors (Lipinski definition) is 6. The summed E-state index contributed by atoms with van der Waals surface area (Å²) in [6.07, 6.45) is 1.85. The van der Waals surface area contributed by atoms with Gasteiger partial charge in [-0.05, 0) is 35.9 Å². The summed E-state index contributed by atoms with van der Waals surface area (Å²) in [6.45, 7) is 7.82. The van der Waals surface area contributed by atoms with Crippen LogP contribution in [0.5, 0.6) is 23.0 Å². The van der Waals surface area contributed by atoms with Crippen molar-refractivity contribution in [1.82, 2.24) is 0 Å². The van der Waals surface area contributed by atoms with Gasteiger partial charge in [-0.25, -0.2) is 0 Å². The smallest absolute Gasteiger partial charge is 0.195 e. The van der Waals surface area contributed by atoms with Gasteiger partial charge in [0.25, 0.3) is 0 Å². The molecule has 2 rings (SSSR count). The third-order valence-electron chi connectivity index (χ3n) is 3.91. The van der Waals surface area contributed by atoms with Crippen LogP contribution in [0, 0.1) is 0 Å². The SMILES string of the molecule is C=CCOc1ccc(C(=O)C(O)c2ccc(OCC=C)c(OC)c2)cc1OC. The van der Waals surface area contributed by atoms with Gasteiger partial charge in [0, 0.05) is 5.56 Å². The Kier molecular flexibility index (Phi) is 7.65. The number of ketones is 1. The van der Waals surface area contributed by atoms with Crippen LogP contribution < -0.4 is 18.9 Å². The number of aliphatic hydroxyl groups excluding tert-OH is 1. The molecule has 148 valence electrons. The number of Topliss-reactive ketones (excluding diaryl/α,β-unsaturated/α-hetero) is 1. The summed E-state index contributed by atoms with van der Waals surface area (Å²) in [5.74, 6) is 1.31. The fourth-order valence-electron chi connectivity index (χ4n) is 2.52. The van der Waals surface area contributed by atoms with E-state index in [1.165, 1.54) is 20.3 Å². The Bertz CT molecular complexity index is 843. The maximum atomic E-state index is 12.7. The normalized spacial score (nSPS) is 11.2. The van der Waals surface area contributed by atoms with Crippen molar-refractivity contribution in [2.45, 2.75) is 6.10 Å². The average molecular weight is 384 g/mol. The van der Waals surface area contributed by atoms with Gasteiger partial charge in [0.15, 0.2) is 28.8 Å². The van der Waals surface area contributed by atoms with E-state index in [0.717, 1.165) is 0 Å². The largest absolute Gasteiger partial charge is 0.493 e. The number of ether oxygens (including phenoxy) is 4. The van der Waals surface area contributed by atoms with E-state index in [4.69, 9.17) is 18.9 Å². The number of benzene rings is 2. The third-order valence-corrected chi connectivity index (χ3v) is 3.91. The highest BCUT2D eigenvalue weighted by Gasteiger charge is 2.22. The van der Waals surface area contributed by atoms with E-state index >= 15 is 0 Å². The van der Waals surface area contributed by atoms with Crippen molar-refractivity contribution in [3.63, 3.8) is 0 Å². The van der Waals surface area contributed by atoms with Crippen molar-refractivity contribution >= 4 is 5.78 Å². The Balaban J connectivity index is 2.26. The highest BCUT2D eigenvalue weighted by atomic mass is 16.5. The van der Waals surface area contributed by atoms with Crippen LogP contribution in [0.2, 0.25) is 0 Å². The van der Waals surface area contributed by atoms with E-state index in [9.17, 15) is 9.90 Å². The van der Waals surface area contributed by atoms with Crippen LogP contribution in [0.4, 0.5) is 0 Å². The van der Waals surface area contributed by atoms with E-state index < -0.39 is 11.9 Å². The summed E-state index contributed by atoms with van der Waals surface area (Å²) in [5.41, 5.74) is 0.681. The quantitative estimate of drug-likeness (QED) is 0.470.